The van der Waals surface area contributed by atoms with Gasteiger partial charge in [0.1, 0.15) is 11.5 Å². The molecule has 0 N–H and O–H groups in total. The molecule has 0 saturated heterocycles. The Hall–Kier alpha value is -1.66. The number of hydrogen-bond donors (Lipinski definition) is 0. The van der Waals surface area contributed by atoms with E-state index in [1.54, 1.807) is 19.1 Å². The molecule has 0 fully saturated rings. The fourth-order valence-corrected chi connectivity index (χ4v) is 1.12. The average Bonchev–Trinajstić information content (AvgIpc) is 2.59. The molecule has 17 heavy (non-hydrogen) atoms. The molecule has 96 valence electrons. The number of rotatable bonds is 3. The van der Waals surface area contributed by atoms with Gasteiger partial charge in [-0.25, -0.2) is 4.79 Å². The van der Waals surface area contributed by atoms with Crippen LogP contribution in [0.25, 0.3) is 0 Å². The lowest BCUT2D eigenvalue weighted by atomic mass is 10.4. The number of carbonyl (C=O) groups is 1. The van der Waals surface area contributed by atoms with Gasteiger partial charge in [0.05, 0.1) is 6.54 Å². The van der Waals surface area contributed by atoms with Crippen molar-refractivity contribution in [3.8, 4) is 0 Å². The van der Waals surface area contributed by atoms with Gasteiger partial charge >= 0.3 is 12.3 Å². The number of nitrogens with zero attached hydrogens (tertiary/aromatic N) is 1. The molecule has 0 aliphatic carbocycles. The van der Waals surface area contributed by atoms with Gasteiger partial charge in [-0.15, -0.1) is 0 Å². The van der Waals surface area contributed by atoms with E-state index in [0.717, 1.165) is 4.90 Å². The molecule has 0 saturated carbocycles. The normalized spacial score (nSPS) is 11.4. The van der Waals surface area contributed by atoms with E-state index in [0.29, 0.717) is 11.5 Å². The first kappa shape index (κ1) is 13.4. The second-order valence-electron chi connectivity index (χ2n) is 3.54. The van der Waals surface area contributed by atoms with E-state index in [9.17, 15) is 18.0 Å². The zero-order valence-electron chi connectivity index (χ0n) is 9.37. The second-order valence-corrected chi connectivity index (χ2v) is 3.54. The Morgan fingerprint density at radius 2 is 2.12 bits per heavy atom. The Bertz CT molecular complexity index is 386. The summed E-state index contributed by atoms with van der Waals surface area (Å²) < 4.78 is 44.6. The molecule has 1 aromatic heterocycles. The number of hydrogen-bond acceptors (Lipinski definition) is 3. The van der Waals surface area contributed by atoms with Gasteiger partial charge in [-0.3, -0.25) is 0 Å². The summed E-state index contributed by atoms with van der Waals surface area (Å²) in [6.45, 7) is 0.198. The van der Waals surface area contributed by atoms with Crippen LogP contribution in [-0.4, -0.2) is 30.8 Å². The Kier molecular flexibility index (Phi) is 4.03. The molecule has 1 heterocycles. The molecule has 4 nitrogen and oxygen atoms in total. The number of carbonyl (C=O) groups excluding carboxylic acids is 1. The van der Waals surface area contributed by atoms with Crippen LogP contribution in [0.3, 0.4) is 0 Å². The highest BCUT2D eigenvalue weighted by Crippen LogP contribution is 2.15. The molecular weight excluding hydrogens is 239 g/mol. The summed E-state index contributed by atoms with van der Waals surface area (Å²) in [6, 6.07) is 3.34. The maximum atomic E-state index is 11.8. The highest BCUT2D eigenvalue weighted by Gasteiger charge is 2.30. The summed E-state index contributed by atoms with van der Waals surface area (Å²) in [5, 5.41) is 0. The number of ether oxygens (including phenoxy) is 1. The van der Waals surface area contributed by atoms with E-state index >= 15 is 0 Å². The zero-order valence-corrected chi connectivity index (χ0v) is 9.37. The smallest absolute Gasteiger partial charge is 0.422 e. The highest BCUT2D eigenvalue weighted by molar-refractivity contribution is 5.67. The van der Waals surface area contributed by atoms with Crippen molar-refractivity contribution in [3.63, 3.8) is 0 Å². The Balaban J connectivity index is 2.42. The van der Waals surface area contributed by atoms with Crippen molar-refractivity contribution in [2.24, 2.45) is 0 Å². The molecule has 0 aliphatic heterocycles. The van der Waals surface area contributed by atoms with Gasteiger partial charge in [0.15, 0.2) is 6.61 Å². The van der Waals surface area contributed by atoms with Crippen LogP contribution in [0.5, 0.6) is 0 Å². The molecule has 1 aromatic rings. The van der Waals surface area contributed by atoms with Crippen molar-refractivity contribution in [3.05, 3.63) is 23.7 Å². The summed E-state index contributed by atoms with van der Waals surface area (Å²) in [7, 11) is 1.33. The van der Waals surface area contributed by atoms with Crippen LogP contribution in [0, 0.1) is 6.92 Å². The molecule has 0 atom stereocenters. The molecule has 1 rings (SSSR count). The summed E-state index contributed by atoms with van der Waals surface area (Å²) >= 11 is 0. The minimum atomic E-state index is -4.52. The molecular formula is C10H12F3NO3. The minimum absolute atomic E-state index is 0.0601. The highest BCUT2D eigenvalue weighted by atomic mass is 19.4. The fraction of sp³-hybridized carbons (Fsp3) is 0.500. The van der Waals surface area contributed by atoms with Crippen LogP contribution in [0.2, 0.25) is 0 Å². The first-order valence-electron chi connectivity index (χ1n) is 4.78. The third kappa shape index (κ3) is 4.80. The largest absolute Gasteiger partial charge is 0.464 e. The minimum Gasteiger partial charge on any atom is -0.464 e. The maximum Gasteiger partial charge on any atom is 0.422 e. The molecule has 7 heteroatoms. The topological polar surface area (TPSA) is 42.7 Å². The molecule has 0 unspecified atom stereocenters. The number of aryl methyl sites for hydroxylation is 1. The summed E-state index contributed by atoms with van der Waals surface area (Å²) in [6.07, 6.45) is -5.56. The average molecular weight is 251 g/mol. The van der Waals surface area contributed by atoms with Gasteiger partial charge in [0.25, 0.3) is 0 Å². The molecule has 0 aliphatic rings. The number of furan rings is 1. The van der Waals surface area contributed by atoms with E-state index in [4.69, 9.17) is 4.42 Å². The van der Waals surface area contributed by atoms with Crippen molar-refractivity contribution >= 4 is 6.09 Å². The van der Waals surface area contributed by atoms with Crippen molar-refractivity contribution in [1.82, 2.24) is 4.90 Å². The molecule has 0 radical (unpaired) electrons. The van der Waals surface area contributed by atoms with Gasteiger partial charge in [-0.2, -0.15) is 13.2 Å². The lowest BCUT2D eigenvalue weighted by molar-refractivity contribution is -0.162. The van der Waals surface area contributed by atoms with E-state index < -0.39 is 18.9 Å². The van der Waals surface area contributed by atoms with Gasteiger partial charge in [-0.1, -0.05) is 0 Å². The van der Waals surface area contributed by atoms with Crippen molar-refractivity contribution in [2.75, 3.05) is 13.7 Å². The van der Waals surface area contributed by atoms with Crippen LogP contribution < -0.4 is 0 Å². The first-order valence-corrected chi connectivity index (χ1v) is 4.78. The van der Waals surface area contributed by atoms with Crippen LogP contribution in [-0.2, 0) is 11.3 Å². The number of amides is 1. The van der Waals surface area contributed by atoms with Gasteiger partial charge in [0, 0.05) is 7.05 Å². The third-order valence-electron chi connectivity index (χ3n) is 1.86. The maximum absolute atomic E-state index is 11.8. The van der Waals surface area contributed by atoms with E-state index in [1.165, 1.54) is 7.05 Å². The summed E-state index contributed by atoms with van der Waals surface area (Å²) in [5.74, 6) is 1.14. The van der Waals surface area contributed by atoms with Crippen molar-refractivity contribution in [1.29, 1.82) is 0 Å². The van der Waals surface area contributed by atoms with Crippen molar-refractivity contribution < 1.29 is 27.1 Å². The van der Waals surface area contributed by atoms with Gasteiger partial charge in [-0.05, 0) is 19.1 Å². The predicted molar refractivity (Wildman–Crippen MR) is 52.3 cm³/mol. The van der Waals surface area contributed by atoms with Crippen LogP contribution in [0.1, 0.15) is 11.5 Å². The Morgan fingerprint density at radius 3 is 2.59 bits per heavy atom. The third-order valence-corrected chi connectivity index (χ3v) is 1.86. The SMILES string of the molecule is Cc1ccc(CN(C)C(=O)OCC(F)(F)F)o1. The number of alkyl halides is 3. The van der Waals surface area contributed by atoms with Gasteiger partial charge < -0.3 is 14.1 Å². The molecule has 0 spiro atoms. The van der Waals surface area contributed by atoms with Crippen LogP contribution in [0.4, 0.5) is 18.0 Å². The summed E-state index contributed by atoms with van der Waals surface area (Å²) in [4.78, 5) is 12.2. The molecule has 0 aromatic carbocycles. The summed E-state index contributed by atoms with van der Waals surface area (Å²) in [5.41, 5.74) is 0. The van der Waals surface area contributed by atoms with E-state index in [-0.39, 0.29) is 6.54 Å². The van der Waals surface area contributed by atoms with E-state index in [2.05, 4.69) is 4.74 Å². The predicted octanol–water partition coefficient (Wildman–Crippen LogP) is 2.72. The zero-order chi connectivity index (χ0) is 13.1. The Morgan fingerprint density at radius 1 is 1.47 bits per heavy atom. The second kappa shape index (κ2) is 5.11. The van der Waals surface area contributed by atoms with Crippen molar-refractivity contribution in [2.45, 2.75) is 19.6 Å². The standard InChI is InChI=1S/C10H12F3NO3/c1-7-3-4-8(17-7)5-14(2)9(15)16-6-10(11,12)13/h3-4H,5-6H2,1-2H3. The lowest BCUT2D eigenvalue weighted by Gasteiger charge is -2.16. The van der Waals surface area contributed by atoms with E-state index in [1.807, 2.05) is 0 Å². The Labute approximate surface area is 95.9 Å². The monoisotopic (exact) mass is 251 g/mol. The van der Waals surface area contributed by atoms with Crippen LogP contribution >= 0.6 is 0 Å². The van der Waals surface area contributed by atoms with Gasteiger partial charge in [0.2, 0.25) is 0 Å². The fourth-order valence-electron chi connectivity index (χ4n) is 1.12. The lowest BCUT2D eigenvalue weighted by Crippen LogP contribution is -2.30. The number of halogens is 3. The molecule has 1 amide bonds. The first-order chi connectivity index (χ1) is 7.78. The van der Waals surface area contributed by atoms with Crippen LogP contribution in [0.15, 0.2) is 16.5 Å². The molecule has 0 bridgehead atoms. The quantitative estimate of drug-likeness (QED) is 0.829.